The number of hydrogen-bond acceptors (Lipinski definition) is 3. The van der Waals surface area contributed by atoms with E-state index < -0.39 is 0 Å². The summed E-state index contributed by atoms with van der Waals surface area (Å²) >= 11 is 1.28. The standard InChI is InChI=1S/C13H15NO2S/c1-9-3-4-11(7-10(9)2)12(15)8-14-5-6-17-13(14)16/h3-4,7H,5-6,8H2,1-2H3. The van der Waals surface area contributed by atoms with Gasteiger partial charge >= 0.3 is 0 Å². The van der Waals surface area contributed by atoms with Gasteiger partial charge in [-0.2, -0.15) is 0 Å². The lowest BCUT2D eigenvalue weighted by Gasteiger charge is -2.13. The van der Waals surface area contributed by atoms with Crippen molar-refractivity contribution in [3.63, 3.8) is 0 Å². The van der Waals surface area contributed by atoms with Crippen LogP contribution < -0.4 is 0 Å². The van der Waals surface area contributed by atoms with E-state index in [2.05, 4.69) is 0 Å². The number of thioether (sulfide) groups is 1. The van der Waals surface area contributed by atoms with Crippen molar-refractivity contribution >= 4 is 22.8 Å². The van der Waals surface area contributed by atoms with Gasteiger partial charge in [-0.05, 0) is 31.0 Å². The Bertz CT molecular complexity index is 470. The van der Waals surface area contributed by atoms with Crippen molar-refractivity contribution < 1.29 is 9.59 Å². The zero-order valence-electron chi connectivity index (χ0n) is 10.0. The third-order valence-electron chi connectivity index (χ3n) is 3.01. The van der Waals surface area contributed by atoms with Crippen molar-refractivity contribution in [3.05, 3.63) is 34.9 Å². The van der Waals surface area contributed by atoms with Crippen LogP contribution in [-0.2, 0) is 0 Å². The molecule has 1 amide bonds. The molecule has 1 saturated heterocycles. The van der Waals surface area contributed by atoms with Crippen LogP contribution in [0.25, 0.3) is 0 Å². The minimum atomic E-state index is 0.0159. The quantitative estimate of drug-likeness (QED) is 0.773. The summed E-state index contributed by atoms with van der Waals surface area (Å²) in [5.41, 5.74) is 2.98. The van der Waals surface area contributed by atoms with Crippen LogP contribution in [0.3, 0.4) is 0 Å². The second-order valence-electron chi connectivity index (χ2n) is 4.26. The van der Waals surface area contributed by atoms with Gasteiger partial charge < -0.3 is 4.90 Å². The molecule has 0 bridgehead atoms. The number of nitrogens with zero attached hydrogens (tertiary/aromatic N) is 1. The third kappa shape index (κ3) is 2.69. The van der Waals surface area contributed by atoms with E-state index in [0.29, 0.717) is 12.1 Å². The molecule has 0 unspecified atom stereocenters. The highest BCUT2D eigenvalue weighted by molar-refractivity contribution is 8.13. The van der Waals surface area contributed by atoms with Crippen LogP contribution >= 0.6 is 11.8 Å². The molecule has 0 aromatic heterocycles. The van der Waals surface area contributed by atoms with Gasteiger partial charge in [-0.25, -0.2) is 0 Å². The van der Waals surface area contributed by atoms with Gasteiger partial charge in [0.15, 0.2) is 5.78 Å². The molecule has 3 nitrogen and oxygen atoms in total. The predicted molar refractivity (Wildman–Crippen MR) is 69.7 cm³/mol. The van der Waals surface area contributed by atoms with Crippen molar-refractivity contribution in [2.75, 3.05) is 18.8 Å². The zero-order valence-corrected chi connectivity index (χ0v) is 10.8. The van der Waals surface area contributed by atoms with Crippen LogP contribution in [0.2, 0.25) is 0 Å². The number of benzene rings is 1. The number of Topliss-reactive ketones (excluding diaryl/α,β-unsaturated/α-hetero) is 1. The maximum Gasteiger partial charge on any atom is 0.282 e. The molecule has 4 heteroatoms. The van der Waals surface area contributed by atoms with Crippen LogP contribution in [0.1, 0.15) is 21.5 Å². The summed E-state index contributed by atoms with van der Waals surface area (Å²) in [7, 11) is 0. The van der Waals surface area contributed by atoms with Crippen molar-refractivity contribution in [1.82, 2.24) is 4.90 Å². The van der Waals surface area contributed by atoms with Crippen LogP contribution in [0.4, 0.5) is 4.79 Å². The first kappa shape index (κ1) is 12.2. The summed E-state index contributed by atoms with van der Waals surface area (Å²) in [6.45, 7) is 4.89. The monoisotopic (exact) mass is 249 g/mol. The van der Waals surface area contributed by atoms with E-state index in [9.17, 15) is 9.59 Å². The Morgan fingerprint density at radius 3 is 2.71 bits per heavy atom. The molecule has 1 aromatic rings. The van der Waals surface area contributed by atoms with Gasteiger partial charge in [-0.15, -0.1) is 0 Å². The molecule has 90 valence electrons. The molecule has 0 spiro atoms. The second-order valence-corrected chi connectivity index (χ2v) is 5.30. The molecular formula is C13H15NO2S. The number of aryl methyl sites for hydroxylation is 2. The Morgan fingerprint density at radius 1 is 1.35 bits per heavy atom. The highest BCUT2D eigenvalue weighted by Crippen LogP contribution is 2.18. The van der Waals surface area contributed by atoms with E-state index in [1.165, 1.54) is 17.3 Å². The summed E-state index contributed by atoms with van der Waals surface area (Å²) in [5, 5.41) is 0.0159. The lowest BCUT2D eigenvalue weighted by atomic mass is 10.0. The molecule has 2 rings (SSSR count). The number of ketones is 1. The molecule has 0 atom stereocenters. The SMILES string of the molecule is Cc1ccc(C(=O)CN2CCSC2=O)cc1C. The molecule has 1 aliphatic heterocycles. The molecule has 0 saturated carbocycles. The topological polar surface area (TPSA) is 37.4 Å². The summed E-state index contributed by atoms with van der Waals surface area (Å²) in [6, 6.07) is 5.67. The van der Waals surface area contributed by atoms with Crippen LogP contribution in [0.15, 0.2) is 18.2 Å². The Morgan fingerprint density at radius 2 is 2.12 bits per heavy atom. The fourth-order valence-electron chi connectivity index (χ4n) is 1.75. The van der Waals surface area contributed by atoms with Crippen LogP contribution in [0.5, 0.6) is 0 Å². The first-order valence-corrected chi connectivity index (χ1v) is 6.58. The van der Waals surface area contributed by atoms with Crippen molar-refractivity contribution in [1.29, 1.82) is 0 Å². The van der Waals surface area contributed by atoms with Gasteiger partial charge in [0.2, 0.25) is 0 Å². The fourth-order valence-corrected chi connectivity index (χ4v) is 2.57. The third-order valence-corrected chi connectivity index (χ3v) is 3.90. The zero-order chi connectivity index (χ0) is 12.4. The second kappa shape index (κ2) is 4.92. The number of carbonyl (C=O) groups excluding carboxylic acids is 2. The normalized spacial score (nSPS) is 15.4. The van der Waals surface area contributed by atoms with E-state index in [1.54, 1.807) is 4.90 Å². The molecule has 1 fully saturated rings. The summed E-state index contributed by atoms with van der Waals surface area (Å²) in [4.78, 5) is 25.0. The fraction of sp³-hybridized carbons (Fsp3) is 0.385. The summed E-state index contributed by atoms with van der Waals surface area (Å²) < 4.78 is 0. The van der Waals surface area contributed by atoms with E-state index in [4.69, 9.17) is 0 Å². The van der Waals surface area contributed by atoms with E-state index >= 15 is 0 Å². The van der Waals surface area contributed by atoms with Gasteiger partial charge in [0, 0.05) is 17.9 Å². The van der Waals surface area contributed by atoms with Gasteiger partial charge in [-0.3, -0.25) is 9.59 Å². The molecule has 0 aliphatic carbocycles. The lowest BCUT2D eigenvalue weighted by Crippen LogP contribution is -2.29. The van der Waals surface area contributed by atoms with E-state index in [-0.39, 0.29) is 17.6 Å². The van der Waals surface area contributed by atoms with Gasteiger partial charge in [0.05, 0.1) is 6.54 Å². The van der Waals surface area contributed by atoms with Crippen LogP contribution in [-0.4, -0.2) is 34.8 Å². The Kier molecular flexibility index (Phi) is 3.52. The largest absolute Gasteiger partial charge is 0.325 e. The molecule has 0 radical (unpaired) electrons. The van der Waals surface area contributed by atoms with Crippen molar-refractivity contribution in [2.24, 2.45) is 0 Å². The predicted octanol–water partition coefficient (Wildman–Crippen LogP) is 2.65. The summed E-state index contributed by atoms with van der Waals surface area (Å²) in [6.07, 6.45) is 0. The highest BCUT2D eigenvalue weighted by atomic mass is 32.2. The van der Waals surface area contributed by atoms with Gasteiger partial charge in [0.25, 0.3) is 5.24 Å². The minimum absolute atomic E-state index is 0.0159. The first-order valence-electron chi connectivity index (χ1n) is 5.60. The number of carbonyl (C=O) groups is 2. The molecule has 1 aliphatic rings. The Hall–Kier alpha value is -1.29. The van der Waals surface area contributed by atoms with Gasteiger partial charge in [0.1, 0.15) is 0 Å². The smallest absolute Gasteiger partial charge is 0.282 e. The van der Waals surface area contributed by atoms with Crippen LogP contribution in [0, 0.1) is 13.8 Å². The maximum absolute atomic E-state index is 12.0. The first-order chi connectivity index (χ1) is 8.08. The molecule has 1 aromatic carbocycles. The van der Waals surface area contributed by atoms with Gasteiger partial charge in [-0.1, -0.05) is 23.9 Å². The molecule has 1 heterocycles. The highest BCUT2D eigenvalue weighted by Gasteiger charge is 2.23. The van der Waals surface area contributed by atoms with Crippen molar-refractivity contribution in [3.8, 4) is 0 Å². The molecular weight excluding hydrogens is 234 g/mol. The Balaban J connectivity index is 2.09. The number of rotatable bonds is 3. The maximum atomic E-state index is 12.0. The average molecular weight is 249 g/mol. The summed E-state index contributed by atoms with van der Waals surface area (Å²) in [5.74, 6) is 0.808. The molecule has 0 N–H and O–H groups in total. The van der Waals surface area contributed by atoms with Crippen molar-refractivity contribution in [2.45, 2.75) is 13.8 Å². The minimum Gasteiger partial charge on any atom is -0.325 e. The van der Waals surface area contributed by atoms with E-state index in [0.717, 1.165) is 11.3 Å². The average Bonchev–Trinajstić information content (AvgIpc) is 2.68. The van der Waals surface area contributed by atoms with E-state index in [1.807, 2.05) is 32.0 Å². The lowest BCUT2D eigenvalue weighted by molar-refractivity contribution is 0.0956. The molecule has 17 heavy (non-hydrogen) atoms. The number of hydrogen-bond donors (Lipinski definition) is 0. The number of amides is 1. The Labute approximate surface area is 105 Å².